The van der Waals surface area contributed by atoms with Gasteiger partial charge in [0.15, 0.2) is 11.6 Å². The molecule has 0 spiro atoms. The Morgan fingerprint density at radius 2 is 1.57 bits per heavy atom. The zero-order valence-electron chi connectivity index (χ0n) is 10.6. The summed E-state index contributed by atoms with van der Waals surface area (Å²) < 4.78 is 14.0. The van der Waals surface area contributed by atoms with Gasteiger partial charge in [0, 0.05) is 22.8 Å². The maximum absolute atomic E-state index is 14.0. The summed E-state index contributed by atoms with van der Waals surface area (Å²) in [6, 6.07) is 9.20. The Kier molecular flexibility index (Phi) is 2.86. The van der Waals surface area contributed by atoms with E-state index in [0.29, 0.717) is 0 Å². The number of nitrogens with zero attached hydrogens (tertiary/aromatic N) is 1. The van der Waals surface area contributed by atoms with Crippen molar-refractivity contribution in [1.29, 1.82) is 0 Å². The first-order chi connectivity index (χ1) is 10.0. The average molecular weight is 285 g/mol. The second-order valence-electron chi connectivity index (χ2n) is 4.67. The number of hydrogen-bond donors (Lipinski definition) is 0. The highest BCUT2D eigenvalue weighted by Crippen LogP contribution is 2.35. The van der Waals surface area contributed by atoms with Crippen molar-refractivity contribution in [3.8, 4) is 0 Å². The Labute approximate surface area is 118 Å². The number of hydrogen-bond acceptors (Lipinski definition) is 4. The lowest BCUT2D eigenvalue weighted by atomic mass is 9.93. The number of carbonyl (C=O) groups is 2. The molecule has 0 N–H and O–H groups in total. The predicted molar refractivity (Wildman–Crippen MR) is 70.9 cm³/mol. The summed E-state index contributed by atoms with van der Waals surface area (Å²) in [5.41, 5.74) is -0.0473. The number of benzene rings is 2. The van der Waals surface area contributed by atoms with E-state index in [1.807, 2.05) is 0 Å². The van der Waals surface area contributed by atoms with E-state index in [1.165, 1.54) is 12.1 Å². The number of carbonyl (C=O) groups excluding carboxylic acids is 2. The Hall–Kier alpha value is -2.89. The molecular formula is C15H8FNO4. The Morgan fingerprint density at radius 3 is 2.05 bits per heavy atom. The third-order valence-corrected chi connectivity index (χ3v) is 3.49. The Morgan fingerprint density at radius 1 is 1.00 bits per heavy atom. The van der Waals surface area contributed by atoms with Crippen LogP contribution in [0.1, 0.15) is 32.2 Å². The molecule has 1 aliphatic carbocycles. The van der Waals surface area contributed by atoms with Crippen LogP contribution in [0.5, 0.6) is 0 Å². The van der Waals surface area contributed by atoms with Gasteiger partial charge in [0.05, 0.1) is 11.0 Å². The predicted octanol–water partition coefficient (Wildman–Crippen LogP) is 2.90. The van der Waals surface area contributed by atoms with E-state index in [-0.39, 0.29) is 16.7 Å². The molecule has 0 bridgehead atoms. The second-order valence-corrected chi connectivity index (χ2v) is 4.67. The van der Waals surface area contributed by atoms with Crippen LogP contribution in [0, 0.1) is 15.9 Å². The fraction of sp³-hybridized carbons (Fsp3) is 0.0667. The van der Waals surface area contributed by atoms with Crippen molar-refractivity contribution in [2.75, 3.05) is 0 Å². The van der Waals surface area contributed by atoms with E-state index in [9.17, 15) is 24.1 Å². The number of Topliss-reactive ketones (excluding diaryl/α,β-unsaturated/α-hetero) is 2. The van der Waals surface area contributed by atoms with E-state index in [0.717, 1.165) is 18.2 Å². The van der Waals surface area contributed by atoms with Crippen LogP contribution in [0.15, 0.2) is 42.5 Å². The summed E-state index contributed by atoms with van der Waals surface area (Å²) >= 11 is 0. The van der Waals surface area contributed by atoms with Crippen molar-refractivity contribution in [3.05, 3.63) is 75.1 Å². The molecule has 0 saturated heterocycles. The Balaban J connectivity index is 2.09. The molecular weight excluding hydrogens is 277 g/mol. The molecule has 2 aromatic carbocycles. The fourth-order valence-corrected chi connectivity index (χ4v) is 2.49. The highest BCUT2D eigenvalue weighted by Gasteiger charge is 2.40. The van der Waals surface area contributed by atoms with Crippen LogP contribution in [0.2, 0.25) is 0 Å². The largest absolute Gasteiger partial charge is 0.293 e. The molecule has 3 rings (SSSR count). The lowest BCUT2D eigenvalue weighted by Crippen LogP contribution is -2.14. The smallest absolute Gasteiger partial charge is 0.272 e. The molecule has 0 aromatic heterocycles. The van der Waals surface area contributed by atoms with E-state index in [1.54, 1.807) is 12.1 Å². The molecule has 0 aliphatic heterocycles. The molecule has 0 unspecified atom stereocenters. The second kappa shape index (κ2) is 4.59. The van der Waals surface area contributed by atoms with Crippen LogP contribution >= 0.6 is 0 Å². The van der Waals surface area contributed by atoms with Gasteiger partial charge in [0.2, 0.25) is 0 Å². The first kappa shape index (κ1) is 13.1. The number of nitro benzene ring substituents is 1. The Bertz CT molecular complexity index is 765. The van der Waals surface area contributed by atoms with Crippen molar-refractivity contribution < 1.29 is 18.9 Å². The minimum absolute atomic E-state index is 0.133. The van der Waals surface area contributed by atoms with E-state index < -0.39 is 33.9 Å². The third kappa shape index (κ3) is 1.92. The van der Waals surface area contributed by atoms with Gasteiger partial charge >= 0.3 is 0 Å². The molecule has 0 atom stereocenters. The summed E-state index contributed by atoms with van der Waals surface area (Å²) in [7, 11) is 0. The molecule has 1 aliphatic rings. The summed E-state index contributed by atoms with van der Waals surface area (Å²) in [5.74, 6) is -3.15. The zero-order valence-corrected chi connectivity index (χ0v) is 10.6. The standard InChI is InChI=1S/C15H8FNO4/c16-12-7-8(17(20)21)5-6-11(12)13-14(18)9-3-1-2-4-10(9)15(13)19/h1-7,13H. The summed E-state index contributed by atoms with van der Waals surface area (Å²) in [5, 5.41) is 10.6. The lowest BCUT2D eigenvalue weighted by Gasteiger charge is -2.08. The SMILES string of the molecule is O=C1c2ccccc2C(=O)C1c1ccc([N+](=O)[O-])cc1F. The van der Waals surface area contributed by atoms with Gasteiger partial charge in [0.1, 0.15) is 11.7 Å². The van der Waals surface area contributed by atoms with Crippen molar-refractivity contribution >= 4 is 17.3 Å². The van der Waals surface area contributed by atoms with Crippen molar-refractivity contribution in [2.45, 2.75) is 5.92 Å². The molecule has 6 heteroatoms. The summed E-state index contributed by atoms with van der Waals surface area (Å²) in [6.45, 7) is 0. The van der Waals surface area contributed by atoms with Gasteiger partial charge in [-0.1, -0.05) is 24.3 Å². The molecule has 0 saturated carbocycles. The van der Waals surface area contributed by atoms with Crippen LogP contribution in [0.25, 0.3) is 0 Å². The quantitative estimate of drug-likeness (QED) is 0.483. The third-order valence-electron chi connectivity index (χ3n) is 3.49. The average Bonchev–Trinajstić information content (AvgIpc) is 2.72. The van der Waals surface area contributed by atoms with Gasteiger partial charge in [-0.3, -0.25) is 19.7 Å². The number of fused-ring (bicyclic) bond motifs is 1. The van der Waals surface area contributed by atoms with Crippen LogP contribution < -0.4 is 0 Å². The first-order valence-corrected chi connectivity index (χ1v) is 6.12. The van der Waals surface area contributed by atoms with Crippen LogP contribution in [0.4, 0.5) is 10.1 Å². The fourth-order valence-electron chi connectivity index (χ4n) is 2.49. The highest BCUT2D eigenvalue weighted by atomic mass is 19.1. The van der Waals surface area contributed by atoms with Gasteiger partial charge < -0.3 is 0 Å². The first-order valence-electron chi connectivity index (χ1n) is 6.12. The van der Waals surface area contributed by atoms with Gasteiger partial charge in [-0.2, -0.15) is 0 Å². The number of ketones is 2. The highest BCUT2D eigenvalue weighted by molar-refractivity contribution is 6.29. The lowest BCUT2D eigenvalue weighted by molar-refractivity contribution is -0.385. The van der Waals surface area contributed by atoms with E-state index >= 15 is 0 Å². The minimum atomic E-state index is -1.26. The molecule has 5 nitrogen and oxygen atoms in total. The van der Waals surface area contributed by atoms with E-state index in [2.05, 4.69) is 0 Å². The molecule has 21 heavy (non-hydrogen) atoms. The normalized spacial score (nSPS) is 14.3. The number of non-ortho nitro benzene ring substituents is 1. The summed E-state index contributed by atoms with van der Waals surface area (Å²) in [6.07, 6.45) is 0. The van der Waals surface area contributed by atoms with Crippen molar-refractivity contribution in [3.63, 3.8) is 0 Å². The number of nitro groups is 1. The topological polar surface area (TPSA) is 77.3 Å². The van der Waals surface area contributed by atoms with Crippen LogP contribution in [0.3, 0.4) is 0 Å². The molecule has 0 fully saturated rings. The maximum Gasteiger partial charge on any atom is 0.272 e. The monoisotopic (exact) mass is 285 g/mol. The number of halogens is 1. The van der Waals surface area contributed by atoms with Crippen LogP contribution in [-0.2, 0) is 0 Å². The van der Waals surface area contributed by atoms with E-state index in [4.69, 9.17) is 0 Å². The molecule has 0 radical (unpaired) electrons. The summed E-state index contributed by atoms with van der Waals surface area (Å²) in [4.78, 5) is 34.4. The van der Waals surface area contributed by atoms with Gasteiger partial charge in [-0.25, -0.2) is 4.39 Å². The van der Waals surface area contributed by atoms with Crippen LogP contribution in [-0.4, -0.2) is 16.5 Å². The van der Waals surface area contributed by atoms with Gasteiger partial charge in [0.25, 0.3) is 5.69 Å². The van der Waals surface area contributed by atoms with Crippen molar-refractivity contribution in [1.82, 2.24) is 0 Å². The molecule has 104 valence electrons. The molecule has 0 heterocycles. The number of rotatable bonds is 2. The van der Waals surface area contributed by atoms with Crippen molar-refractivity contribution in [2.24, 2.45) is 0 Å². The zero-order chi connectivity index (χ0) is 15.1. The molecule has 2 aromatic rings. The maximum atomic E-state index is 14.0. The van der Waals surface area contributed by atoms with Gasteiger partial charge in [-0.05, 0) is 6.07 Å². The van der Waals surface area contributed by atoms with Gasteiger partial charge in [-0.15, -0.1) is 0 Å². The molecule has 0 amide bonds. The minimum Gasteiger partial charge on any atom is -0.293 e.